The maximum atomic E-state index is 13.6. The minimum Gasteiger partial charge on any atom is -0.480 e. The normalized spacial score (nSPS) is 17.3. The van der Waals surface area contributed by atoms with Crippen LogP contribution in [0.15, 0.2) is 22.7 Å². The molecule has 26 heavy (non-hydrogen) atoms. The molecule has 1 saturated heterocycles. The largest absolute Gasteiger partial charge is 0.480 e. The quantitative estimate of drug-likeness (QED) is 0.856. The van der Waals surface area contributed by atoms with Crippen molar-refractivity contribution in [2.45, 2.75) is 25.8 Å². The van der Waals surface area contributed by atoms with Gasteiger partial charge in [0.1, 0.15) is 5.82 Å². The molecule has 0 saturated carbocycles. The van der Waals surface area contributed by atoms with E-state index in [1.807, 2.05) is 0 Å². The summed E-state index contributed by atoms with van der Waals surface area (Å²) in [5.74, 6) is -1.31. The predicted molar refractivity (Wildman–Crippen MR) is 86.7 cm³/mol. The number of hydrogen-bond donors (Lipinski definition) is 1. The molecule has 9 heteroatoms. The van der Waals surface area contributed by atoms with E-state index in [0.717, 1.165) is 0 Å². The van der Waals surface area contributed by atoms with Crippen molar-refractivity contribution in [1.82, 2.24) is 15.0 Å². The zero-order valence-corrected chi connectivity index (χ0v) is 14.1. The van der Waals surface area contributed by atoms with E-state index < -0.39 is 12.0 Å². The van der Waals surface area contributed by atoms with Crippen molar-refractivity contribution in [3.05, 3.63) is 35.5 Å². The molecule has 8 nitrogen and oxygen atoms in total. The van der Waals surface area contributed by atoms with Gasteiger partial charge in [0.25, 0.3) is 0 Å². The first-order valence-corrected chi connectivity index (χ1v) is 8.15. The van der Waals surface area contributed by atoms with Crippen molar-refractivity contribution in [3.63, 3.8) is 0 Å². The van der Waals surface area contributed by atoms with Gasteiger partial charge < -0.3 is 19.3 Å². The number of carbonyl (C=O) groups excluding carboxylic acids is 1. The van der Waals surface area contributed by atoms with Gasteiger partial charge in [-0.05, 0) is 18.6 Å². The highest BCUT2D eigenvalue weighted by molar-refractivity contribution is 5.84. The first-order valence-electron chi connectivity index (χ1n) is 8.15. The van der Waals surface area contributed by atoms with Gasteiger partial charge in [-0.3, -0.25) is 4.79 Å². The molecular weight excluding hydrogens is 345 g/mol. The third-order valence-electron chi connectivity index (χ3n) is 4.18. The highest BCUT2D eigenvalue weighted by Gasteiger charge is 2.32. The van der Waals surface area contributed by atoms with Crippen molar-refractivity contribution in [2.75, 3.05) is 19.8 Å². The second-order valence-corrected chi connectivity index (χ2v) is 5.99. The summed E-state index contributed by atoms with van der Waals surface area (Å²) in [6.07, 6.45) is 0.206. The van der Waals surface area contributed by atoms with Crippen LogP contribution < -0.4 is 0 Å². The lowest BCUT2D eigenvalue weighted by Crippen LogP contribution is -2.52. The SMILES string of the molecule is Cc1ccc(-c2noc(CCC(=O)N3CCOCC3C(=O)O)n2)cc1F. The van der Waals surface area contributed by atoms with Crippen molar-refractivity contribution >= 4 is 11.9 Å². The number of amides is 1. The van der Waals surface area contributed by atoms with E-state index in [2.05, 4.69) is 10.1 Å². The Balaban J connectivity index is 1.63. The minimum atomic E-state index is -1.10. The maximum Gasteiger partial charge on any atom is 0.328 e. The molecule has 0 radical (unpaired) electrons. The molecular formula is C17H18FN3O5. The lowest BCUT2D eigenvalue weighted by atomic mass is 10.1. The number of carboxylic acids is 1. The van der Waals surface area contributed by atoms with E-state index in [9.17, 15) is 14.0 Å². The zero-order valence-electron chi connectivity index (χ0n) is 14.1. The smallest absolute Gasteiger partial charge is 0.328 e. The summed E-state index contributed by atoms with van der Waals surface area (Å²) in [7, 11) is 0. The number of ether oxygens (including phenoxy) is 1. The van der Waals surface area contributed by atoms with Gasteiger partial charge in [-0.25, -0.2) is 9.18 Å². The molecule has 1 fully saturated rings. The molecule has 2 heterocycles. The van der Waals surface area contributed by atoms with Crippen LogP contribution in [0.1, 0.15) is 17.9 Å². The molecule has 1 unspecified atom stereocenters. The Kier molecular flexibility index (Phi) is 5.27. The monoisotopic (exact) mass is 363 g/mol. The number of aryl methyl sites for hydroxylation is 2. The standard InChI is InChI=1S/C17H18FN3O5/c1-10-2-3-11(8-12(10)18)16-19-14(26-20-16)4-5-15(22)21-6-7-25-9-13(21)17(23)24/h2-3,8,13H,4-7,9H2,1H3,(H,23,24). The van der Waals surface area contributed by atoms with Gasteiger partial charge in [0.05, 0.1) is 13.2 Å². The minimum absolute atomic E-state index is 0.0230. The van der Waals surface area contributed by atoms with Crippen LogP contribution in [-0.2, 0) is 20.7 Å². The van der Waals surface area contributed by atoms with Crippen LogP contribution in [0.2, 0.25) is 0 Å². The van der Waals surface area contributed by atoms with Gasteiger partial charge in [-0.2, -0.15) is 4.98 Å². The zero-order chi connectivity index (χ0) is 18.7. The first-order chi connectivity index (χ1) is 12.5. The fourth-order valence-electron chi connectivity index (χ4n) is 2.67. The number of morpholine rings is 1. The molecule has 0 bridgehead atoms. The van der Waals surface area contributed by atoms with E-state index in [4.69, 9.17) is 14.4 Å². The summed E-state index contributed by atoms with van der Waals surface area (Å²) in [4.78, 5) is 29.0. The van der Waals surface area contributed by atoms with Crippen LogP contribution in [0.5, 0.6) is 0 Å². The molecule has 1 aliphatic rings. The van der Waals surface area contributed by atoms with E-state index in [1.165, 1.54) is 11.0 Å². The second kappa shape index (κ2) is 7.61. The third-order valence-corrected chi connectivity index (χ3v) is 4.18. The molecule has 1 atom stereocenters. The predicted octanol–water partition coefficient (Wildman–Crippen LogP) is 1.43. The maximum absolute atomic E-state index is 13.6. The average molecular weight is 363 g/mol. The molecule has 138 valence electrons. The van der Waals surface area contributed by atoms with Crippen molar-refractivity contribution in [1.29, 1.82) is 0 Å². The average Bonchev–Trinajstić information content (AvgIpc) is 3.11. The Morgan fingerprint density at radius 2 is 2.23 bits per heavy atom. The van der Waals surface area contributed by atoms with E-state index >= 15 is 0 Å². The second-order valence-electron chi connectivity index (χ2n) is 5.99. The molecule has 1 aromatic heterocycles. The molecule has 0 spiro atoms. The van der Waals surface area contributed by atoms with Gasteiger partial charge >= 0.3 is 5.97 Å². The summed E-state index contributed by atoms with van der Waals surface area (Å²) >= 11 is 0. The number of benzene rings is 1. The summed E-state index contributed by atoms with van der Waals surface area (Å²) in [6, 6.07) is 3.64. The van der Waals surface area contributed by atoms with Gasteiger partial charge in [0.15, 0.2) is 6.04 Å². The number of hydrogen-bond acceptors (Lipinski definition) is 6. The van der Waals surface area contributed by atoms with Crippen LogP contribution in [-0.4, -0.2) is 57.8 Å². The molecule has 1 amide bonds. The van der Waals surface area contributed by atoms with Crippen LogP contribution in [0.4, 0.5) is 4.39 Å². The summed E-state index contributed by atoms with van der Waals surface area (Å²) in [5, 5.41) is 13.0. The Morgan fingerprint density at radius 3 is 2.96 bits per heavy atom. The summed E-state index contributed by atoms with van der Waals surface area (Å²) in [6.45, 7) is 2.17. The topological polar surface area (TPSA) is 106 Å². The Labute approximate surface area is 148 Å². The van der Waals surface area contributed by atoms with Crippen LogP contribution >= 0.6 is 0 Å². The highest BCUT2D eigenvalue weighted by Crippen LogP contribution is 2.19. The third kappa shape index (κ3) is 3.88. The van der Waals surface area contributed by atoms with Crippen molar-refractivity contribution in [3.8, 4) is 11.4 Å². The van der Waals surface area contributed by atoms with Crippen molar-refractivity contribution in [2.24, 2.45) is 0 Å². The van der Waals surface area contributed by atoms with Crippen LogP contribution in [0.3, 0.4) is 0 Å². The van der Waals surface area contributed by atoms with E-state index in [1.54, 1.807) is 19.1 Å². The fraction of sp³-hybridized carbons (Fsp3) is 0.412. The number of carboxylic acid groups (broad SMARTS) is 1. The van der Waals surface area contributed by atoms with E-state index in [0.29, 0.717) is 17.7 Å². The lowest BCUT2D eigenvalue weighted by Gasteiger charge is -2.32. The number of rotatable bonds is 5. The van der Waals surface area contributed by atoms with Gasteiger partial charge in [0, 0.05) is 24.9 Å². The summed E-state index contributed by atoms with van der Waals surface area (Å²) in [5.41, 5.74) is 0.995. The van der Waals surface area contributed by atoms with Crippen LogP contribution in [0, 0.1) is 12.7 Å². The van der Waals surface area contributed by atoms with Gasteiger partial charge in [0.2, 0.25) is 17.6 Å². The van der Waals surface area contributed by atoms with Crippen LogP contribution in [0.25, 0.3) is 11.4 Å². The molecule has 0 aliphatic carbocycles. The molecule has 1 aliphatic heterocycles. The summed E-state index contributed by atoms with van der Waals surface area (Å²) < 4.78 is 23.9. The lowest BCUT2D eigenvalue weighted by molar-refractivity contribution is -0.158. The number of aromatic nitrogens is 2. The Bertz CT molecular complexity index is 822. The van der Waals surface area contributed by atoms with Gasteiger partial charge in [-0.1, -0.05) is 17.3 Å². The number of nitrogens with zero attached hydrogens (tertiary/aromatic N) is 3. The highest BCUT2D eigenvalue weighted by atomic mass is 19.1. The number of carbonyl (C=O) groups is 2. The molecule has 1 N–H and O–H groups in total. The molecule has 2 aromatic rings. The van der Waals surface area contributed by atoms with Crippen molar-refractivity contribution < 1.29 is 28.3 Å². The molecule has 1 aromatic carbocycles. The van der Waals surface area contributed by atoms with Gasteiger partial charge in [-0.15, -0.1) is 0 Å². The number of aliphatic carboxylic acids is 1. The Morgan fingerprint density at radius 1 is 1.42 bits per heavy atom. The Hall–Kier alpha value is -2.81. The molecule has 3 rings (SSSR count). The van der Waals surface area contributed by atoms with E-state index in [-0.39, 0.29) is 49.4 Å². The first kappa shape index (κ1) is 18.0. The number of halogens is 1. The fourth-order valence-corrected chi connectivity index (χ4v) is 2.67.